The summed E-state index contributed by atoms with van der Waals surface area (Å²) in [6.45, 7) is 7.26. The van der Waals surface area contributed by atoms with Crippen molar-refractivity contribution in [3.05, 3.63) is 35.9 Å². The second kappa shape index (κ2) is 26.7. The quantitative estimate of drug-likeness (QED) is 0.103. The normalized spacial score (nSPS) is 12.4. The van der Waals surface area contributed by atoms with Crippen molar-refractivity contribution >= 4 is 0 Å². The minimum atomic E-state index is 0.00779. The maximum Gasteiger partial charge on any atom is 0.104 e. The molecule has 0 bridgehead atoms. The van der Waals surface area contributed by atoms with Crippen LogP contribution in [0.25, 0.3) is 0 Å². The molecule has 0 fully saturated rings. The number of unbranched alkanes of at least 4 members (excludes halogenated alkanes) is 13. The van der Waals surface area contributed by atoms with Gasteiger partial charge in [0, 0.05) is 13.7 Å². The largest absolute Gasteiger partial charge is 0.379 e. The molecule has 0 N–H and O–H groups in total. The van der Waals surface area contributed by atoms with E-state index >= 15 is 0 Å². The molecule has 1 aromatic rings. The summed E-state index contributed by atoms with van der Waals surface area (Å²) in [6, 6.07) is 10.3. The molecule has 1 atom stereocenters. The van der Waals surface area contributed by atoms with Gasteiger partial charge in [-0.2, -0.15) is 0 Å². The van der Waals surface area contributed by atoms with Crippen molar-refractivity contribution in [2.75, 3.05) is 26.9 Å². The number of ether oxygens (including phenoxy) is 3. The van der Waals surface area contributed by atoms with Crippen molar-refractivity contribution in [3.8, 4) is 0 Å². The first-order valence-electron chi connectivity index (χ1n) is 16.0. The van der Waals surface area contributed by atoms with Crippen molar-refractivity contribution in [2.24, 2.45) is 5.92 Å². The summed E-state index contributed by atoms with van der Waals surface area (Å²) >= 11 is 0. The monoisotopic (exact) mass is 518 g/mol. The SMILES string of the molecule is CCCCCCCCC(CCCCCCCC)CCCCCCOCC(COCc1ccccc1)OC. The smallest absolute Gasteiger partial charge is 0.104 e. The van der Waals surface area contributed by atoms with Crippen LogP contribution >= 0.6 is 0 Å². The average molecular weight is 519 g/mol. The second-order valence-corrected chi connectivity index (χ2v) is 11.1. The predicted octanol–water partition coefficient (Wildman–Crippen LogP) is 10.3. The molecule has 3 heteroatoms. The van der Waals surface area contributed by atoms with Crippen LogP contribution in [0.15, 0.2) is 30.3 Å². The molecule has 37 heavy (non-hydrogen) atoms. The van der Waals surface area contributed by atoms with Crippen LogP contribution in [0.2, 0.25) is 0 Å². The van der Waals surface area contributed by atoms with E-state index < -0.39 is 0 Å². The van der Waals surface area contributed by atoms with E-state index in [1.54, 1.807) is 7.11 Å². The highest BCUT2D eigenvalue weighted by molar-refractivity contribution is 5.13. The lowest BCUT2D eigenvalue weighted by Gasteiger charge is -2.17. The molecule has 0 saturated heterocycles. The standard InChI is InChI=1S/C34H62O3/c1-4-6-8-10-12-17-23-32(24-18-13-11-9-7-5-2)25-19-14-15-22-28-36-30-34(35-3)31-37-29-33-26-20-16-21-27-33/h16,20-21,26-27,32,34H,4-15,17-19,22-25,28-31H2,1-3H3. The first kappa shape index (κ1) is 34.1. The Hall–Kier alpha value is -0.900. The molecule has 0 aliphatic rings. The van der Waals surface area contributed by atoms with E-state index in [2.05, 4.69) is 26.0 Å². The van der Waals surface area contributed by atoms with E-state index in [4.69, 9.17) is 14.2 Å². The first-order chi connectivity index (χ1) is 18.3. The molecule has 1 aromatic carbocycles. The molecule has 0 spiro atoms. The van der Waals surface area contributed by atoms with Gasteiger partial charge in [0.05, 0.1) is 19.8 Å². The Morgan fingerprint density at radius 3 is 1.59 bits per heavy atom. The summed E-state index contributed by atoms with van der Waals surface area (Å²) in [6.07, 6.45) is 26.7. The molecule has 0 heterocycles. The Balaban J connectivity index is 2.09. The summed E-state index contributed by atoms with van der Waals surface area (Å²) in [7, 11) is 1.74. The highest BCUT2D eigenvalue weighted by atomic mass is 16.6. The van der Waals surface area contributed by atoms with Gasteiger partial charge in [-0.3, -0.25) is 0 Å². The molecule has 1 rings (SSSR count). The fourth-order valence-electron chi connectivity index (χ4n) is 5.13. The Morgan fingerprint density at radius 1 is 0.568 bits per heavy atom. The van der Waals surface area contributed by atoms with Gasteiger partial charge in [0.2, 0.25) is 0 Å². The third-order valence-electron chi connectivity index (χ3n) is 7.64. The highest BCUT2D eigenvalue weighted by Gasteiger charge is 2.10. The molecule has 0 aliphatic carbocycles. The Kier molecular flexibility index (Phi) is 24.6. The van der Waals surface area contributed by atoms with Crippen LogP contribution in [-0.4, -0.2) is 33.0 Å². The molecule has 1 unspecified atom stereocenters. The summed E-state index contributed by atoms with van der Waals surface area (Å²) in [5.41, 5.74) is 1.19. The van der Waals surface area contributed by atoms with E-state index in [1.807, 2.05) is 18.2 Å². The molecule has 0 aromatic heterocycles. The average Bonchev–Trinajstić information content (AvgIpc) is 2.93. The number of methoxy groups -OCH3 is 1. The van der Waals surface area contributed by atoms with Gasteiger partial charge in [-0.05, 0) is 17.9 Å². The van der Waals surface area contributed by atoms with Crippen LogP contribution in [0.3, 0.4) is 0 Å². The van der Waals surface area contributed by atoms with E-state index in [0.29, 0.717) is 19.8 Å². The lowest BCUT2D eigenvalue weighted by molar-refractivity contribution is -0.0451. The Morgan fingerprint density at radius 2 is 1.05 bits per heavy atom. The fraction of sp³-hybridized carbons (Fsp3) is 0.824. The van der Waals surface area contributed by atoms with Crippen LogP contribution in [0.1, 0.15) is 141 Å². The fourth-order valence-corrected chi connectivity index (χ4v) is 5.13. The minimum Gasteiger partial charge on any atom is -0.379 e. The summed E-state index contributed by atoms with van der Waals surface area (Å²) in [5.74, 6) is 0.965. The van der Waals surface area contributed by atoms with Crippen molar-refractivity contribution < 1.29 is 14.2 Å². The van der Waals surface area contributed by atoms with Crippen molar-refractivity contribution in [2.45, 2.75) is 149 Å². The van der Waals surface area contributed by atoms with Crippen LogP contribution in [0.4, 0.5) is 0 Å². The zero-order chi connectivity index (χ0) is 26.7. The molecular formula is C34H62O3. The van der Waals surface area contributed by atoms with Crippen LogP contribution in [-0.2, 0) is 20.8 Å². The maximum atomic E-state index is 5.90. The van der Waals surface area contributed by atoms with Crippen molar-refractivity contribution in [3.63, 3.8) is 0 Å². The number of hydrogen-bond donors (Lipinski definition) is 0. The lowest BCUT2D eigenvalue weighted by atomic mass is 9.89. The number of rotatable bonds is 28. The zero-order valence-corrected chi connectivity index (χ0v) is 25.0. The van der Waals surface area contributed by atoms with E-state index in [-0.39, 0.29) is 6.10 Å². The van der Waals surface area contributed by atoms with Crippen molar-refractivity contribution in [1.29, 1.82) is 0 Å². The molecule has 0 aliphatic heterocycles. The Labute approximate surface area is 231 Å². The Bertz CT molecular complexity index is 545. The third-order valence-corrected chi connectivity index (χ3v) is 7.64. The molecule has 0 amide bonds. The number of benzene rings is 1. The van der Waals surface area contributed by atoms with E-state index in [1.165, 1.54) is 121 Å². The van der Waals surface area contributed by atoms with Gasteiger partial charge in [-0.1, -0.05) is 160 Å². The molecule has 3 nitrogen and oxygen atoms in total. The van der Waals surface area contributed by atoms with Gasteiger partial charge < -0.3 is 14.2 Å². The topological polar surface area (TPSA) is 27.7 Å². The summed E-state index contributed by atoms with van der Waals surface area (Å²) < 4.78 is 17.2. The van der Waals surface area contributed by atoms with Gasteiger partial charge in [-0.15, -0.1) is 0 Å². The summed E-state index contributed by atoms with van der Waals surface area (Å²) in [5, 5.41) is 0. The van der Waals surface area contributed by atoms with E-state index in [9.17, 15) is 0 Å². The molecule has 0 radical (unpaired) electrons. The number of hydrogen-bond acceptors (Lipinski definition) is 3. The minimum absolute atomic E-state index is 0.00779. The molecular weight excluding hydrogens is 456 g/mol. The van der Waals surface area contributed by atoms with Gasteiger partial charge in [0.1, 0.15) is 6.10 Å². The van der Waals surface area contributed by atoms with Gasteiger partial charge in [-0.25, -0.2) is 0 Å². The van der Waals surface area contributed by atoms with Crippen LogP contribution in [0.5, 0.6) is 0 Å². The third kappa shape index (κ3) is 21.7. The van der Waals surface area contributed by atoms with Gasteiger partial charge in [0.25, 0.3) is 0 Å². The van der Waals surface area contributed by atoms with E-state index in [0.717, 1.165) is 18.9 Å². The maximum absolute atomic E-state index is 5.90. The first-order valence-corrected chi connectivity index (χ1v) is 16.0. The van der Waals surface area contributed by atoms with Gasteiger partial charge in [0.15, 0.2) is 0 Å². The lowest BCUT2D eigenvalue weighted by Crippen LogP contribution is -2.24. The second-order valence-electron chi connectivity index (χ2n) is 11.1. The zero-order valence-electron chi connectivity index (χ0n) is 25.0. The highest BCUT2D eigenvalue weighted by Crippen LogP contribution is 2.24. The predicted molar refractivity (Wildman–Crippen MR) is 160 cm³/mol. The molecule has 0 saturated carbocycles. The van der Waals surface area contributed by atoms with Crippen LogP contribution in [0, 0.1) is 5.92 Å². The van der Waals surface area contributed by atoms with Gasteiger partial charge >= 0.3 is 0 Å². The molecule has 216 valence electrons. The van der Waals surface area contributed by atoms with Crippen LogP contribution < -0.4 is 0 Å². The van der Waals surface area contributed by atoms with Crippen molar-refractivity contribution in [1.82, 2.24) is 0 Å². The summed E-state index contributed by atoms with van der Waals surface area (Å²) in [4.78, 5) is 0.